The van der Waals surface area contributed by atoms with Gasteiger partial charge >= 0.3 is 11.9 Å². The van der Waals surface area contributed by atoms with E-state index in [4.69, 9.17) is 10.8 Å². The van der Waals surface area contributed by atoms with E-state index in [2.05, 4.69) is 15.4 Å². The van der Waals surface area contributed by atoms with Crippen LogP contribution in [0.5, 0.6) is 0 Å². The maximum atomic E-state index is 11.9. The summed E-state index contributed by atoms with van der Waals surface area (Å²) in [4.78, 5) is 46.1. The predicted octanol–water partition coefficient (Wildman–Crippen LogP) is 0.220. The lowest BCUT2D eigenvalue weighted by atomic mass is 9.97. The van der Waals surface area contributed by atoms with Crippen LogP contribution < -0.4 is 10.6 Å². The van der Waals surface area contributed by atoms with Crippen LogP contribution >= 0.6 is 0 Å². The van der Waals surface area contributed by atoms with Gasteiger partial charge in [-0.15, -0.1) is 0 Å². The second kappa shape index (κ2) is 17.2. The molecule has 0 radical (unpaired) electrons. The normalized spacial score (nSPS) is 25.7. The first-order valence-corrected chi connectivity index (χ1v) is 12.6. The first-order chi connectivity index (χ1) is 18.1. The van der Waals surface area contributed by atoms with Gasteiger partial charge in [0.1, 0.15) is 24.4 Å². The Hall–Kier alpha value is -2.38. The molecule has 0 saturated carbocycles. The molecule has 0 spiro atoms. The van der Waals surface area contributed by atoms with Gasteiger partial charge in [0, 0.05) is 39.0 Å². The van der Waals surface area contributed by atoms with Gasteiger partial charge in [-0.25, -0.2) is 9.59 Å². The quantitative estimate of drug-likeness (QED) is 0.125. The summed E-state index contributed by atoms with van der Waals surface area (Å²) >= 11 is 0. The second-order valence-electron chi connectivity index (χ2n) is 8.85. The van der Waals surface area contributed by atoms with Crippen LogP contribution in [0.1, 0.15) is 74.0 Å². The van der Waals surface area contributed by atoms with Gasteiger partial charge in [-0.3, -0.25) is 9.59 Å². The smallest absolute Gasteiger partial charge is 0.342 e. The van der Waals surface area contributed by atoms with Crippen molar-refractivity contribution in [2.45, 2.75) is 103 Å². The van der Waals surface area contributed by atoms with Gasteiger partial charge in [-0.2, -0.15) is 0 Å². The van der Waals surface area contributed by atoms with E-state index in [0.29, 0.717) is 19.9 Å². The molecule has 0 aromatic heterocycles. The van der Waals surface area contributed by atoms with E-state index < -0.39 is 55.1 Å². The monoisotopic (exact) mass is 531 g/mol. The fraction of sp³-hybridized carbons (Fsp3) is 0.760. The lowest BCUT2D eigenvalue weighted by molar-refractivity contribution is -0.270. The summed E-state index contributed by atoms with van der Waals surface area (Å²) in [6.07, 6.45) is -0.487. The molecular weight excluding hydrogens is 488 g/mol. The predicted molar refractivity (Wildman–Crippen MR) is 132 cm³/mol. The number of aliphatic hydroxyl groups is 3. The molecule has 2 amide bonds. The summed E-state index contributed by atoms with van der Waals surface area (Å²) in [5.74, 6) is -1.97. The van der Waals surface area contributed by atoms with E-state index in [1.165, 1.54) is 13.8 Å². The minimum absolute atomic E-state index is 0.0924. The highest BCUT2D eigenvalue weighted by Gasteiger charge is 2.45. The molecular formula is C25H42N2O10. The summed E-state index contributed by atoms with van der Waals surface area (Å²) in [5.41, 5.74) is 0.495. The van der Waals surface area contributed by atoms with Gasteiger partial charge in [0.15, 0.2) is 6.29 Å². The molecule has 5 unspecified atom stereocenters. The number of unbranched alkanes of at least 4 members (excludes halogenated alkanes) is 3. The van der Waals surface area contributed by atoms with Crippen molar-refractivity contribution in [1.29, 1.82) is 0 Å². The Kier molecular flexibility index (Phi) is 14.3. The minimum atomic E-state index is -1.35. The van der Waals surface area contributed by atoms with Crippen molar-refractivity contribution in [3.05, 3.63) is 11.1 Å². The summed E-state index contributed by atoms with van der Waals surface area (Å²) < 4.78 is 22.1. The number of carbonyl (C=O) groups excluding carboxylic acids is 4. The Morgan fingerprint density at radius 1 is 1.11 bits per heavy atom. The highest BCUT2D eigenvalue weighted by molar-refractivity contribution is 6.12. The number of aliphatic hydroxyl groups excluding tert-OH is 3. The highest BCUT2D eigenvalue weighted by atomic mass is 16.7. The maximum absolute atomic E-state index is 11.9. The molecule has 212 valence electrons. The Morgan fingerprint density at radius 3 is 2.35 bits per heavy atom. The SMILES string of the molecule is CC(=O)NC1C(OCCCCCCNC(=O)CCC2=C(C)C(=O)OC2=O)OC(CO)C(O)C1O.[2H]CCC. The van der Waals surface area contributed by atoms with Crippen LogP contribution in [-0.2, 0) is 33.4 Å². The molecule has 12 nitrogen and oxygen atoms in total. The topological polar surface area (TPSA) is 181 Å². The third-order valence-corrected chi connectivity index (χ3v) is 5.72. The Labute approximate surface area is 219 Å². The van der Waals surface area contributed by atoms with Gasteiger partial charge in [-0.05, 0) is 26.2 Å². The molecule has 5 atom stereocenters. The van der Waals surface area contributed by atoms with E-state index in [9.17, 15) is 34.5 Å². The van der Waals surface area contributed by atoms with Crippen LogP contribution in [0.2, 0.25) is 0 Å². The average molecular weight is 532 g/mol. The van der Waals surface area contributed by atoms with Crippen molar-refractivity contribution < 1.29 is 50.1 Å². The molecule has 0 aliphatic carbocycles. The van der Waals surface area contributed by atoms with E-state index in [-0.39, 0.29) is 36.5 Å². The van der Waals surface area contributed by atoms with Crippen molar-refractivity contribution in [2.75, 3.05) is 19.8 Å². The largest absolute Gasteiger partial charge is 0.394 e. The van der Waals surface area contributed by atoms with E-state index >= 15 is 0 Å². The van der Waals surface area contributed by atoms with Gasteiger partial charge < -0.3 is 40.2 Å². The number of rotatable bonds is 13. The van der Waals surface area contributed by atoms with Crippen molar-refractivity contribution >= 4 is 23.8 Å². The Balaban J connectivity index is 0.00000168. The number of amides is 2. The van der Waals surface area contributed by atoms with Crippen LogP contribution in [0.4, 0.5) is 0 Å². The Bertz CT molecular complexity index is 820. The zero-order chi connectivity index (χ0) is 28.7. The number of cyclic esters (lactones) is 2. The molecule has 2 aliphatic heterocycles. The molecule has 0 aromatic carbocycles. The second-order valence-corrected chi connectivity index (χ2v) is 8.85. The third-order valence-electron chi connectivity index (χ3n) is 5.72. The molecule has 0 bridgehead atoms. The van der Waals surface area contributed by atoms with E-state index in [1.54, 1.807) is 0 Å². The van der Waals surface area contributed by atoms with Crippen molar-refractivity contribution in [2.24, 2.45) is 0 Å². The van der Waals surface area contributed by atoms with Gasteiger partial charge in [-0.1, -0.05) is 33.1 Å². The average Bonchev–Trinajstić information content (AvgIpc) is 3.13. The number of carbonyl (C=O) groups is 4. The van der Waals surface area contributed by atoms with Gasteiger partial charge in [0.25, 0.3) is 0 Å². The maximum Gasteiger partial charge on any atom is 0.342 e. The van der Waals surface area contributed by atoms with Gasteiger partial charge in [0.2, 0.25) is 11.8 Å². The van der Waals surface area contributed by atoms with Crippen LogP contribution in [0, 0.1) is 0 Å². The molecule has 2 rings (SSSR count). The lowest BCUT2D eigenvalue weighted by Gasteiger charge is -2.42. The number of nitrogens with one attached hydrogen (secondary N) is 2. The number of hydrogen-bond acceptors (Lipinski definition) is 10. The van der Waals surface area contributed by atoms with Crippen LogP contribution in [-0.4, -0.2) is 89.5 Å². The molecule has 2 heterocycles. The molecule has 2 aliphatic rings. The number of hydrogen-bond donors (Lipinski definition) is 5. The summed E-state index contributed by atoms with van der Waals surface area (Å²) in [6.45, 7) is 5.58. The van der Waals surface area contributed by atoms with E-state index in [1.807, 2.05) is 6.92 Å². The third kappa shape index (κ3) is 10.9. The minimum Gasteiger partial charge on any atom is -0.394 e. The first kappa shape index (κ1) is 30.8. The number of esters is 2. The molecule has 1 fully saturated rings. The molecule has 5 N–H and O–H groups in total. The lowest BCUT2D eigenvalue weighted by Crippen LogP contribution is -2.64. The summed E-state index contributed by atoms with van der Waals surface area (Å²) in [6, 6.07) is -0.964. The fourth-order valence-corrected chi connectivity index (χ4v) is 3.74. The molecule has 37 heavy (non-hydrogen) atoms. The van der Waals surface area contributed by atoms with Crippen LogP contribution in [0.15, 0.2) is 11.1 Å². The zero-order valence-electron chi connectivity index (χ0n) is 22.9. The summed E-state index contributed by atoms with van der Waals surface area (Å²) in [5, 5.41) is 34.8. The highest BCUT2D eigenvalue weighted by Crippen LogP contribution is 2.23. The standard InChI is InChI=1S/C22H34N2O10.C3H8/c1-12-14(21(31)34-20(12)30)7-8-16(27)23-9-5-3-4-6-10-32-22-17(24-13(2)26)19(29)18(28)15(11-25)33-22;1-3-2/h15,17-19,22,25,28-29H,3-11H2,1-2H3,(H,23,27)(H,24,26);3H2,1-2H3/i;1D. The van der Waals surface area contributed by atoms with Crippen LogP contribution in [0.3, 0.4) is 0 Å². The fourth-order valence-electron chi connectivity index (χ4n) is 3.74. The molecule has 1 saturated heterocycles. The Morgan fingerprint density at radius 2 is 1.78 bits per heavy atom. The van der Waals surface area contributed by atoms with Crippen molar-refractivity contribution in [1.82, 2.24) is 10.6 Å². The van der Waals surface area contributed by atoms with Gasteiger partial charge in [0.05, 0.1) is 6.61 Å². The van der Waals surface area contributed by atoms with Crippen LogP contribution in [0.25, 0.3) is 0 Å². The summed E-state index contributed by atoms with van der Waals surface area (Å²) in [7, 11) is 0. The first-order valence-electron chi connectivity index (χ1n) is 13.3. The number of ether oxygens (including phenoxy) is 3. The molecule has 0 aromatic rings. The van der Waals surface area contributed by atoms with E-state index in [0.717, 1.165) is 25.7 Å². The van der Waals surface area contributed by atoms with Crippen molar-refractivity contribution in [3.8, 4) is 0 Å². The zero-order valence-corrected chi connectivity index (χ0v) is 21.9. The molecule has 12 heteroatoms. The van der Waals surface area contributed by atoms with Crippen molar-refractivity contribution in [3.63, 3.8) is 0 Å².